The van der Waals surface area contributed by atoms with Crippen molar-refractivity contribution in [3.8, 4) is 0 Å². The number of benzene rings is 1. The van der Waals surface area contributed by atoms with Crippen LogP contribution in [0.25, 0.3) is 0 Å². The number of hydrogen-bond donors (Lipinski definition) is 0. The topological polar surface area (TPSA) is 23.6 Å². The van der Waals surface area contributed by atoms with Gasteiger partial charge in [-0.2, -0.15) is 0 Å². The van der Waals surface area contributed by atoms with Gasteiger partial charge in [-0.3, -0.25) is 9.69 Å². The number of rotatable bonds is 2. The van der Waals surface area contributed by atoms with Crippen LogP contribution in [0.4, 0.5) is 4.39 Å². The van der Waals surface area contributed by atoms with Crippen LogP contribution in [0.1, 0.15) is 18.9 Å². The summed E-state index contributed by atoms with van der Waals surface area (Å²) in [6.07, 6.45) is 0.942. The second-order valence-corrected chi connectivity index (χ2v) is 5.79. The summed E-state index contributed by atoms with van der Waals surface area (Å²) in [5.74, 6) is -0.0567. The monoisotopic (exact) mass is 328 g/mol. The summed E-state index contributed by atoms with van der Waals surface area (Å²) in [4.78, 5) is 15.4. The zero-order chi connectivity index (χ0) is 13.8. The molecule has 19 heavy (non-hydrogen) atoms. The second-order valence-electron chi connectivity index (χ2n) is 4.87. The van der Waals surface area contributed by atoms with Crippen LogP contribution in [0, 0.1) is 5.82 Å². The fraction of sp³-hybridized carbons (Fsp3) is 0.500. The van der Waals surface area contributed by atoms with Crippen molar-refractivity contribution in [3.05, 3.63) is 34.1 Å². The lowest BCUT2D eigenvalue weighted by Crippen LogP contribution is -2.33. The predicted molar refractivity (Wildman–Crippen MR) is 76.2 cm³/mol. The standard InChI is InChI=1S/C14H18BrFN2O/c1-11(19)18-6-2-5-17(7-8-18)10-12-3-4-13(15)9-14(12)16/h3-4,9H,2,5-8,10H2,1H3. The number of hydrogen-bond acceptors (Lipinski definition) is 2. The van der Waals surface area contributed by atoms with E-state index >= 15 is 0 Å². The largest absolute Gasteiger partial charge is 0.342 e. The first-order chi connectivity index (χ1) is 9.06. The molecule has 5 heteroatoms. The lowest BCUT2D eigenvalue weighted by molar-refractivity contribution is -0.128. The zero-order valence-electron chi connectivity index (χ0n) is 11.0. The Morgan fingerprint density at radius 3 is 2.79 bits per heavy atom. The second kappa shape index (κ2) is 6.48. The minimum atomic E-state index is -0.179. The van der Waals surface area contributed by atoms with Gasteiger partial charge in [0, 0.05) is 49.7 Å². The van der Waals surface area contributed by atoms with Crippen molar-refractivity contribution < 1.29 is 9.18 Å². The molecule has 1 aliphatic heterocycles. The van der Waals surface area contributed by atoms with Crippen molar-refractivity contribution in [1.29, 1.82) is 0 Å². The molecule has 0 saturated carbocycles. The molecule has 0 spiro atoms. The maximum absolute atomic E-state index is 13.8. The summed E-state index contributed by atoms with van der Waals surface area (Å²) >= 11 is 3.26. The SMILES string of the molecule is CC(=O)N1CCCN(Cc2ccc(Br)cc2F)CC1. The fourth-order valence-corrected chi connectivity index (χ4v) is 2.67. The summed E-state index contributed by atoms with van der Waals surface area (Å²) < 4.78 is 14.5. The van der Waals surface area contributed by atoms with Crippen molar-refractivity contribution in [2.45, 2.75) is 19.9 Å². The Bertz CT molecular complexity index is 467. The van der Waals surface area contributed by atoms with Crippen LogP contribution in [0.5, 0.6) is 0 Å². The van der Waals surface area contributed by atoms with Gasteiger partial charge >= 0.3 is 0 Å². The molecule has 0 bridgehead atoms. The Kier molecular flexibility index (Phi) is 4.93. The Hall–Kier alpha value is -0.940. The number of carbonyl (C=O) groups is 1. The summed E-state index contributed by atoms with van der Waals surface area (Å²) in [5, 5.41) is 0. The molecule has 0 N–H and O–H groups in total. The Balaban J connectivity index is 1.97. The first-order valence-electron chi connectivity index (χ1n) is 6.48. The van der Waals surface area contributed by atoms with E-state index in [0.29, 0.717) is 12.1 Å². The maximum atomic E-state index is 13.8. The van der Waals surface area contributed by atoms with E-state index in [2.05, 4.69) is 20.8 Å². The van der Waals surface area contributed by atoms with Gasteiger partial charge in [0.25, 0.3) is 0 Å². The zero-order valence-corrected chi connectivity index (χ0v) is 12.6. The van der Waals surface area contributed by atoms with Crippen molar-refractivity contribution in [1.82, 2.24) is 9.80 Å². The molecule has 0 aliphatic carbocycles. The molecule has 3 nitrogen and oxygen atoms in total. The number of amides is 1. The molecular weight excluding hydrogens is 311 g/mol. The summed E-state index contributed by atoms with van der Waals surface area (Å²) in [6.45, 7) is 5.44. The predicted octanol–water partition coefficient (Wildman–Crippen LogP) is 2.64. The molecule has 1 aromatic rings. The Morgan fingerprint density at radius 2 is 2.11 bits per heavy atom. The van der Waals surface area contributed by atoms with E-state index in [9.17, 15) is 9.18 Å². The molecule has 1 aliphatic rings. The molecule has 1 fully saturated rings. The van der Waals surface area contributed by atoms with E-state index in [-0.39, 0.29) is 11.7 Å². The molecule has 0 unspecified atom stereocenters. The van der Waals surface area contributed by atoms with Gasteiger partial charge in [0.05, 0.1) is 0 Å². The third-order valence-electron chi connectivity index (χ3n) is 3.44. The number of nitrogens with zero attached hydrogens (tertiary/aromatic N) is 2. The van der Waals surface area contributed by atoms with Gasteiger partial charge in [-0.25, -0.2) is 4.39 Å². The van der Waals surface area contributed by atoms with E-state index in [1.54, 1.807) is 6.92 Å². The molecule has 104 valence electrons. The van der Waals surface area contributed by atoms with Gasteiger partial charge in [0.15, 0.2) is 0 Å². The Labute approximate surface area is 121 Å². The van der Waals surface area contributed by atoms with Crippen LogP contribution < -0.4 is 0 Å². The smallest absolute Gasteiger partial charge is 0.219 e. The molecular formula is C14H18BrFN2O. The third kappa shape index (κ3) is 4.01. The third-order valence-corrected chi connectivity index (χ3v) is 3.94. The van der Waals surface area contributed by atoms with Gasteiger partial charge in [-0.1, -0.05) is 22.0 Å². The molecule has 1 amide bonds. The lowest BCUT2D eigenvalue weighted by Gasteiger charge is -2.21. The van der Waals surface area contributed by atoms with E-state index in [4.69, 9.17) is 0 Å². The fourth-order valence-electron chi connectivity index (χ4n) is 2.33. The number of halogens is 2. The number of carbonyl (C=O) groups excluding carboxylic acids is 1. The van der Waals surface area contributed by atoms with Crippen LogP contribution >= 0.6 is 15.9 Å². The van der Waals surface area contributed by atoms with Gasteiger partial charge < -0.3 is 4.90 Å². The summed E-state index contributed by atoms with van der Waals surface area (Å²) in [7, 11) is 0. The van der Waals surface area contributed by atoms with Crippen LogP contribution in [0.15, 0.2) is 22.7 Å². The Morgan fingerprint density at radius 1 is 1.32 bits per heavy atom. The van der Waals surface area contributed by atoms with E-state index in [0.717, 1.165) is 37.1 Å². The average molecular weight is 329 g/mol. The van der Waals surface area contributed by atoms with Gasteiger partial charge in [0.2, 0.25) is 5.91 Å². The minimum Gasteiger partial charge on any atom is -0.342 e. The van der Waals surface area contributed by atoms with Crippen molar-refractivity contribution >= 4 is 21.8 Å². The molecule has 1 saturated heterocycles. The molecule has 1 aromatic carbocycles. The quantitative estimate of drug-likeness (QED) is 0.833. The molecule has 1 heterocycles. The highest BCUT2D eigenvalue weighted by atomic mass is 79.9. The minimum absolute atomic E-state index is 0.122. The highest BCUT2D eigenvalue weighted by Gasteiger charge is 2.17. The van der Waals surface area contributed by atoms with Crippen LogP contribution in [-0.2, 0) is 11.3 Å². The molecule has 0 atom stereocenters. The first kappa shape index (κ1) is 14.5. The van der Waals surface area contributed by atoms with Gasteiger partial charge in [-0.05, 0) is 18.6 Å². The lowest BCUT2D eigenvalue weighted by atomic mass is 10.2. The summed E-state index contributed by atoms with van der Waals surface area (Å²) in [5.41, 5.74) is 0.708. The highest BCUT2D eigenvalue weighted by molar-refractivity contribution is 9.10. The highest BCUT2D eigenvalue weighted by Crippen LogP contribution is 2.17. The van der Waals surface area contributed by atoms with E-state index in [1.165, 1.54) is 6.07 Å². The van der Waals surface area contributed by atoms with Gasteiger partial charge in [0.1, 0.15) is 5.82 Å². The normalized spacial score (nSPS) is 17.3. The van der Waals surface area contributed by atoms with Crippen LogP contribution in [-0.4, -0.2) is 41.9 Å². The van der Waals surface area contributed by atoms with Gasteiger partial charge in [-0.15, -0.1) is 0 Å². The molecule has 0 aromatic heterocycles. The molecule has 2 rings (SSSR count). The van der Waals surface area contributed by atoms with Crippen LogP contribution in [0.3, 0.4) is 0 Å². The molecule has 0 radical (unpaired) electrons. The average Bonchev–Trinajstić information content (AvgIpc) is 2.58. The maximum Gasteiger partial charge on any atom is 0.219 e. The van der Waals surface area contributed by atoms with Crippen molar-refractivity contribution in [3.63, 3.8) is 0 Å². The summed E-state index contributed by atoms with van der Waals surface area (Å²) in [6, 6.07) is 5.17. The van der Waals surface area contributed by atoms with Crippen LogP contribution in [0.2, 0.25) is 0 Å². The van der Waals surface area contributed by atoms with Crippen molar-refractivity contribution in [2.24, 2.45) is 0 Å². The van der Waals surface area contributed by atoms with E-state index < -0.39 is 0 Å². The van der Waals surface area contributed by atoms with E-state index in [1.807, 2.05) is 17.0 Å². The first-order valence-corrected chi connectivity index (χ1v) is 7.27. The van der Waals surface area contributed by atoms with Crippen molar-refractivity contribution in [2.75, 3.05) is 26.2 Å².